The maximum Gasteiger partial charge on any atom is 0.303 e. The molecule has 100 valence electrons. The molecule has 2 rings (SSSR count). The lowest BCUT2D eigenvalue weighted by Gasteiger charge is -2.24. The molecule has 0 bridgehead atoms. The van der Waals surface area contributed by atoms with Gasteiger partial charge >= 0.3 is 5.97 Å². The van der Waals surface area contributed by atoms with Gasteiger partial charge in [0.25, 0.3) is 0 Å². The summed E-state index contributed by atoms with van der Waals surface area (Å²) in [7, 11) is 0. The Kier molecular flexibility index (Phi) is 3.99. The molecule has 18 heavy (non-hydrogen) atoms. The summed E-state index contributed by atoms with van der Waals surface area (Å²) in [5, 5.41) is 13.0. The van der Waals surface area contributed by atoms with Crippen LogP contribution in [0.1, 0.15) is 57.2 Å². The van der Waals surface area contributed by atoms with Crippen molar-refractivity contribution in [2.24, 2.45) is 5.41 Å². The summed E-state index contributed by atoms with van der Waals surface area (Å²) in [5.41, 5.74) is -0.165. The first-order valence-corrected chi connectivity index (χ1v) is 6.67. The fraction of sp³-hybridized carbons (Fsp3) is 0.769. The smallest absolute Gasteiger partial charge is 0.303 e. The molecule has 1 N–H and O–H groups in total. The molecular weight excluding hydrogens is 232 g/mol. The van der Waals surface area contributed by atoms with Gasteiger partial charge in [-0.1, -0.05) is 24.9 Å². The number of aryl methyl sites for hydroxylation is 1. The number of aliphatic carboxylic acids is 1. The monoisotopic (exact) mass is 252 g/mol. The van der Waals surface area contributed by atoms with Gasteiger partial charge in [0.2, 0.25) is 5.89 Å². The van der Waals surface area contributed by atoms with E-state index >= 15 is 0 Å². The highest BCUT2D eigenvalue weighted by molar-refractivity contribution is 5.67. The topological polar surface area (TPSA) is 76.2 Å². The van der Waals surface area contributed by atoms with E-state index in [0.29, 0.717) is 12.3 Å². The second-order valence-electron chi connectivity index (χ2n) is 5.31. The largest absolute Gasteiger partial charge is 0.481 e. The van der Waals surface area contributed by atoms with Gasteiger partial charge in [-0.3, -0.25) is 4.79 Å². The molecule has 0 spiro atoms. The maximum absolute atomic E-state index is 11.0. The van der Waals surface area contributed by atoms with Crippen LogP contribution in [0.15, 0.2) is 4.52 Å². The van der Waals surface area contributed by atoms with Crippen molar-refractivity contribution < 1.29 is 14.4 Å². The van der Waals surface area contributed by atoms with E-state index < -0.39 is 5.97 Å². The summed E-state index contributed by atoms with van der Waals surface area (Å²) in [6.07, 6.45) is 6.71. The third-order valence-electron chi connectivity index (χ3n) is 3.70. The summed E-state index contributed by atoms with van der Waals surface area (Å²) >= 11 is 0. The molecule has 1 saturated carbocycles. The van der Waals surface area contributed by atoms with Crippen LogP contribution in [0.4, 0.5) is 0 Å². The molecule has 1 heterocycles. The molecule has 0 aliphatic heterocycles. The fourth-order valence-electron chi connectivity index (χ4n) is 2.87. The Labute approximate surface area is 107 Å². The van der Waals surface area contributed by atoms with Crippen molar-refractivity contribution in [1.82, 2.24) is 10.1 Å². The number of aromatic nitrogens is 2. The number of hydrogen-bond donors (Lipinski definition) is 1. The first-order chi connectivity index (χ1) is 8.63. The van der Waals surface area contributed by atoms with Gasteiger partial charge in [-0.05, 0) is 24.7 Å². The zero-order chi connectivity index (χ0) is 13.0. The standard InChI is InChI=1S/C13H20N2O3/c1-2-5-10-14-11(18-15-10)8-13(9-12(16)17)6-3-4-7-13/h2-9H2,1H3,(H,16,17). The summed E-state index contributed by atoms with van der Waals surface area (Å²) < 4.78 is 5.23. The summed E-state index contributed by atoms with van der Waals surface area (Å²) in [6.45, 7) is 2.07. The molecule has 1 aliphatic rings. The number of hydrogen-bond acceptors (Lipinski definition) is 4. The summed E-state index contributed by atoms with van der Waals surface area (Å²) in [5.74, 6) is 0.600. The van der Waals surface area contributed by atoms with E-state index in [2.05, 4.69) is 17.1 Å². The summed E-state index contributed by atoms with van der Waals surface area (Å²) in [6, 6.07) is 0. The third-order valence-corrected chi connectivity index (χ3v) is 3.70. The van der Waals surface area contributed by atoms with E-state index in [0.717, 1.165) is 44.3 Å². The van der Waals surface area contributed by atoms with Crippen LogP contribution in [0.5, 0.6) is 0 Å². The Morgan fingerprint density at radius 3 is 2.78 bits per heavy atom. The van der Waals surface area contributed by atoms with Gasteiger partial charge in [0.15, 0.2) is 5.82 Å². The quantitative estimate of drug-likeness (QED) is 0.842. The van der Waals surface area contributed by atoms with Gasteiger partial charge in [0.05, 0.1) is 6.42 Å². The van der Waals surface area contributed by atoms with Crippen LogP contribution >= 0.6 is 0 Å². The van der Waals surface area contributed by atoms with Crippen molar-refractivity contribution in [3.8, 4) is 0 Å². The molecule has 0 atom stereocenters. The van der Waals surface area contributed by atoms with Crippen LogP contribution in [-0.2, 0) is 17.6 Å². The Morgan fingerprint density at radius 1 is 1.44 bits per heavy atom. The molecule has 0 unspecified atom stereocenters. The lowest BCUT2D eigenvalue weighted by molar-refractivity contribution is -0.139. The normalized spacial score (nSPS) is 18.1. The zero-order valence-electron chi connectivity index (χ0n) is 10.8. The van der Waals surface area contributed by atoms with Gasteiger partial charge in [-0.15, -0.1) is 0 Å². The molecule has 0 aromatic carbocycles. The molecule has 5 nitrogen and oxygen atoms in total. The molecule has 5 heteroatoms. The first kappa shape index (κ1) is 13.1. The number of rotatable bonds is 6. The van der Waals surface area contributed by atoms with E-state index in [-0.39, 0.29) is 11.8 Å². The van der Waals surface area contributed by atoms with Gasteiger partial charge in [0, 0.05) is 12.8 Å². The van der Waals surface area contributed by atoms with Crippen LogP contribution < -0.4 is 0 Å². The fourth-order valence-corrected chi connectivity index (χ4v) is 2.87. The Bertz CT molecular complexity index is 408. The van der Waals surface area contributed by atoms with Gasteiger partial charge in [0.1, 0.15) is 0 Å². The molecule has 1 fully saturated rings. The van der Waals surface area contributed by atoms with Gasteiger partial charge in [-0.25, -0.2) is 0 Å². The number of carboxylic acid groups (broad SMARTS) is 1. The lowest BCUT2D eigenvalue weighted by atomic mass is 9.79. The highest BCUT2D eigenvalue weighted by atomic mass is 16.5. The van der Waals surface area contributed by atoms with Crippen molar-refractivity contribution >= 4 is 5.97 Å². The van der Waals surface area contributed by atoms with Crippen LogP contribution in [-0.4, -0.2) is 21.2 Å². The van der Waals surface area contributed by atoms with E-state index in [1.165, 1.54) is 0 Å². The van der Waals surface area contributed by atoms with Gasteiger partial charge in [-0.2, -0.15) is 4.98 Å². The van der Waals surface area contributed by atoms with Crippen molar-refractivity contribution in [1.29, 1.82) is 0 Å². The molecule has 1 aliphatic carbocycles. The number of carboxylic acids is 1. The molecular formula is C13H20N2O3. The Balaban J connectivity index is 2.05. The zero-order valence-corrected chi connectivity index (χ0v) is 10.8. The SMILES string of the molecule is CCCc1noc(CC2(CC(=O)O)CCCC2)n1. The van der Waals surface area contributed by atoms with E-state index in [1.54, 1.807) is 0 Å². The predicted octanol–water partition coefficient (Wildman–Crippen LogP) is 2.60. The molecule has 0 saturated heterocycles. The second-order valence-corrected chi connectivity index (χ2v) is 5.31. The maximum atomic E-state index is 11.0. The van der Waals surface area contributed by atoms with E-state index in [4.69, 9.17) is 9.63 Å². The van der Waals surface area contributed by atoms with Crippen molar-refractivity contribution in [2.45, 2.75) is 58.3 Å². The minimum atomic E-state index is -0.731. The predicted molar refractivity (Wildman–Crippen MR) is 65.2 cm³/mol. The minimum Gasteiger partial charge on any atom is -0.481 e. The van der Waals surface area contributed by atoms with Crippen LogP contribution in [0.3, 0.4) is 0 Å². The third kappa shape index (κ3) is 3.09. The van der Waals surface area contributed by atoms with Crippen LogP contribution in [0.25, 0.3) is 0 Å². The van der Waals surface area contributed by atoms with Gasteiger partial charge < -0.3 is 9.63 Å². The van der Waals surface area contributed by atoms with E-state index in [9.17, 15) is 4.79 Å². The first-order valence-electron chi connectivity index (χ1n) is 6.67. The van der Waals surface area contributed by atoms with Crippen molar-refractivity contribution in [2.75, 3.05) is 0 Å². The summed E-state index contributed by atoms with van der Waals surface area (Å²) in [4.78, 5) is 15.3. The van der Waals surface area contributed by atoms with Crippen LogP contribution in [0, 0.1) is 5.41 Å². The average Bonchev–Trinajstić information content (AvgIpc) is 2.89. The van der Waals surface area contributed by atoms with Crippen molar-refractivity contribution in [3.05, 3.63) is 11.7 Å². The minimum absolute atomic E-state index is 0.165. The number of nitrogens with zero attached hydrogens (tertiary/aromatic N) is 2. The van der Waals surface area contributed by atoms with Crippen molar-refractivity contribution in [3.63, 3.8) is 0 Å². The highest BCUT2D eigenvalue weighted by Crippen LogP contribution is 2.43. The molecule has 0 amide bonds. The Morgan fingerprint density at radius 2 is 2.17 bits per heavy atom. The molecule has 1 aromatic heterocycles. The average molecular weight is 252 g/mol. The van der Waals surface area contributed by atoms with Crippen LogP contribution in [0.2, 0.25) is 0 Å². The lowest BCUT2D eigenvalue weighted by Crippen LogP contribution is -2.24. The molecule has 0 radical (unpaired) electrons. The Hall–Kier alpha value is -1.39. The number of carbonyl (C=O) groups is 1. The highest BCUT2D eigenvalue weighted by Gasteiger charge is 2.37. The van der Waals surface area contributed by atoms with E-state index in [1.807, 2.05) is 0 Å². The second kappa shape index (κ2) is 5.50. The molecule has 1 aromatic rings.